The molecule has 0 aromatic carbocycles. The third kappa shape index (κ3) is 1.43. The maximum atomic E-state index is 10.5. The summed E-state index contributed by atoms with van der Waals surface area (Å²) in [5.41, 5.74) is 0.774. The first-order valence-corrected chi connectivity index (χ1v) is 3.16. The molecule has 0 aliphatic rings. The van der Waals surface area contributed by atoms with Gasteiger partial charge in [0.25, 0.3) is 0 Å². The Morgan fingerprint density at radius 1 is 1.60 bits per heavy atom. The smallest absolute Gasteiger partial charge is 0.417 e. The van der Waals surface area contributed by atoms with Gasteiger partial charge in [-0.3, -0.25) is 0 Å². The van der Waals surface area contributed by atoms with Crippen molar-refractivity contribution in [2.24, 2.45) is 0 Å². The topological polar surface area (TPSA) is 43.1 Å². The van der Waals surface area contributed by atoms with E-state index >= 15 is 0 Å². The van der Waals surface area contributed by atoms with E-state index in [-0.39, 0.29) is 5.92 Å². The third-order valence-electron chi connectivity index (χ3n) is 1.22. The summed E-state index contributed by atoms with van der Waals surface area (Å²) >= 11 is 0. The molecule has 0 bridgehead atoms. The molecule has 0 saturated carbocycles. The van der Waals surface area contributed by atoms with Gasteiger partial charge in [-0.05, 0) is 12.0 Å². The van der Waals surface area contributed by atoms with Crippen molar-refractivity contribution in [2.75, 3.05) is 0 Å². The summed E-state index contributed by atoms with van der Waals surface area (Å²) in [4.78, 5) is 14.2. The van der Waals surface area contributed by atoms with Crippen molar-refractivity contribution < 1.29 is 4.42 Å². The minimum Gasteiger partial charge on any atom is -0.417 e. The van der Waals surface area contributed by atoms with Gasteiger partial charge < -0.3 is 4.42 Å². The van der Waals surface area contributed by atoms with Gasteiger partial charge >= 0.3 is 5.76 Å². The van der Waals surface area contributed by atoms with Gasteiger partial charge in [0.15, 0.2) is 0 Å². The standard InChI is InChI=1S/C7H9NO2/c1-5(2)6-3-4-10-7(9)8-6/h3-5H,1-2H3. The molecule has 1 aromatic heterocycles. The van der Waals surface area contributed by atoms with Crippen LogP contribution in [0.2, 0.25) is 0 Å². The Kier molecular flexibility index (Phi) is 1.85. The zero-order valence-corrected chi connectivity index (χ0v) is 6.00. The van der Waals surface area contributed by atoms with Crippen LogP contribution in [0.1, 0.15) is 25.5 Å². The lowest BCUT2D eigenvalue weighted by molar-refractivity contribution is 0.475. The minimum atomic E-state index is -0.522. The molecular formula is C7H9NO2. The van der Waals surface area contributed by atoms with E-state index in [1.165, 1.54) is 6.26 Å². The SMILES string of the molecule is CC(C)c1ccoc(=O)n1. The van der Waals surface area contributed by atoms with Crippen LogP contribution < -0.4 is 5.76 Å². The Morgan fingerprint density at radius 3 is 2.70 bits per heavy atom. The normalized spacial score (nSPS) is 10.3. The molecule has 0 spiro atoms. The largest absolute Gasteiger partial charge is 0.438 e. The highest BCUT2D eigenvalue weighted by atomic mass is 16.4. The summed E-state index contributed by atoms with van der Waals surface area (Å²) in [5.74, 6) is -0.240. The van der Waals surface area contributed by atoms with Crippen LogP contribution in [-0.2, 0) is 0 Å². The monoisotopic (exact) mass is 139 g/mol. The van der Waals surface area contributed by atoms with Gasteiger partial charge in [-0.2, -0.15) is 4.98 Å². The Labute approximate surface area is 58.7 Å². The van der Waals surface area contributed by atoms with Gasteiger partial charge in [-0.15, -0.1) is 0 Å². The lowest BCUT2D eigenvalue weighted by atomic mass is 10.1. The fourth-order valence-electron chi connectivity index (χ4n) is 0.653. The van der Waals surface area contributed by atoms with Crippen molar-refractivity contribution in [3.63, 3.8) is 0 Å². The second kappa shape index (κ2) is 2.64. The molecule has 1 rings (SSSR count). The highest BCUT2D eigenvalue weighted by Crippen LogP contribution is 2.06. The molecule has 0 saturated heterocycles. The van der Waals surface area contributed by atoms with Crippen LogP contribution in [-0.4, -0.2) is 4.98 Å². The highest BCUT2D eigenvalue weighted by Gasteiger charge is 1.99. The molecule has 0 aliphatic heterocycles. The van der Waals surface area contributed by atoms with Crippen LogP contribution in [0.5, 0.6) is 0 Å². The third-order valence-corrected chi connectivity index (χ3v) is 1.22. The molecule has 0 fully saturated rings. The van der Waals surface area contributed by atoms with Gasteiger partial charge in [0.2, 0.25) is 0 Å². The van der Waals surface area contributed by atoms with E-state index in [1.807, 2.05) is 13.8 Å². The van der Waals surface area contributed by atoms with E-state index in [1.54, 1.807) is 6.07 Å². The predicted octanol–water partition coefficient (Wildman–Crippen LogP) is 1.16. The summed E-state index contributed by atoms with van der Waals surface area (Å²) < 4.78 is 4.45. The Balaban J connectivity index is 3.07. The molecule has 10 heavy (non-hydrogen) atoms. The van der Waals surface area contributed by atoms with E-state index in [4.69, 9.17) is 0 Å². The van der Waals surface area contributed by atoms with E-state index < -0.39 is 5.76 Å². The van der Waals surface area contributed by atoms with Gasteiger partial charge in [0.05, 0.1) is 12.0 Å². The fraction of sp³-hybridized carbons (Fsp3) is 0.429. The zero-order valence-electron chi connectivity index (χ0n) is 6.00. The number of rotatable bonds is 1. The first-order chi connectivity index (χ1) is 4.70. The molecule has 3 nitrogen and oxygen atoms in total. The fourth-order valence-corrected chi connectivity index (χ4v) is 0.653. The first-order valence-electron chi connectivity index (χ1n) is 3.16. The van der Waals surface area contributed by atoms with E-state index in [2.05, 4.69) is 9.40 Å². The van der Waals surface area contributed by atoms with Crippen LogP contribution in [0, 0.1) is 0 Å². The Hall–Kier alpha value is -1.12. The van der Waals surface area contributed by atoms with Crippen molar-refractivity contribution in [1.82, 2.24) is 4.98 Å². The molecule has 0 aliphatic carbocycles. The molecule has 1 heterocycles. The summed E-state index contributed by atoms with van der Waals surface area (Å²) in [6.45, 7) is 3.95. The lowest BCUT2D eigenvalue weighted by Gasteiger charge is -1.98. The van der Waals surface area contributed by atoms with E-state index in [0.717, 1.165) is 5.69 Å². The lowest BCUT2D eigenvalue weighted by Crippen LogP contribution is -2.06. The molecule has 1 aromatic rings. The van der Waals surface area contributed by atoms with Crippen LogP contribution >= 0.6 is 0 Å². The summed E-state index contributed by atoms with van der Waals surface area (Å²) in [5, 5.41) is 0. The van der Waals surface area contributed by atoms with Gasteiger partial charge in [-0.1, -0.05) is 13.8 Å². The number of nitrogens with zero attached hydrogens (tertiary/aromatic N) is 1. The predicted molar refractivity (Wildman–Crippen MR) is 36.9 cm³/mol. The average molecular weight is 139 g/mol. The molecule has 54 valence electrons. The van der Waals surface area contributed by atoms with Crippen molar-refractivity contribution in [1.29, 1.82) is 0 Å². The maximum absolute atomic E-state index is 10.5. The van der Waals surface area contributed by atoms with Crippen LogP contribution in [0.3, 0.4) is 0 Å². The van der Waals surface area contributed by atoms with Crippen LogP contribution in [0.15, 0.2) is 21.5 Å². The molecule has 0 amide bonds. The molecule has 0 atom stereocenters. The maximum Gasteiger partial charge on any atom is 0.438 e. The Morgan fingerprint density at radius 2 is 2.30 bits per heavy atom. The highest BCUT2D eigenvalue weighted by molar-refractivity contribution is 5.00. The first kappa shape index (κ1) is 6.99. The summed E-state index contributed by atoms with van der Waals surface area (Å²) in [7, 11) is 0. The van der Waals surface area contributed by atoms with E-state index in [0.29, 0.717) is 0 Å². The average Bonchev–Trinajstić information content (AvgIpc) is 1.88. The van der Waals surface area contributed by atoms with Gasteiger partial charge in [-0.25, -0.2) is 4.79 Å². The quantitative estimate of drug-likeness (QED) is 0.586. The molecular weight excluding hydrogens is 130 g/mol. The summed E-state index contributed by atoms with van der Waals surface area (Å²) in [6.07, 6.45) is 1.37. The Bertz CT molecular complexity index is 264. The van der Waals surface area contributed by atoms with E-state index in [9.17, 15) is 4.79 Å². The molecule has 0 radical (unpaired) electrons. The summed E-state index contributed by atoms with van der Waals surface area (Å²) in [6, 6.07) is 1.70. The number of aromatic nitrogens is 1. The minimum absolute atomic E-state index is 0.282. The number of hydrogen-bond donors (Lipinski definition) is 0. The van der Waals surface area contributed by atoms with Gasteiger partial charge in [0.1, 0.15) is 0 Å². The van der Waals surface area contributed by atoms with Crippen molar-refractivity contribution in [2.45, 2.75) is 19.8 Å². The van der Waals surface area contributed by atoms with Crippen molar-refractivity contribution in [3.05, 3.63) is 28.6 Å². The second-order valence-corrected chi connectivity index (χ2v) is 2.38. The second-order valence-electron chi connectivity index (χ2n) is 2.38. The van der Waals surface area contributed by atoms with Gasteiger partial charge in [0, 0.05) is 0 Å². The van der Waals surface area contributed by atoms with Crippen LogP contribution in [0.4, 0.5) is 0 Å². The van der Waals surface area contributed by atoms with Crippen molar-refractivity contribution >= 4 is 0 Å². The van der Waals surface area contributed by atoms with Crippen LogP contribution in [0.25, 0.3) is 0 Å². The molecule has 0 N–H and O–H groups in total. The molecule has 3 heteroatoms. The zero-order chi connectivity index (χ0) is 7.56. The number of hydrogen-bond acceptors (Lipinski definition) is 3. The van der Waals surface area contributed by atoms with Crippen molar-refractivity contribution in [3.8, 4) is 0 Å². The molecule has 0 unspecified atom stereocenters.